The van der Waals surface area contributed by atoms with Crippen LogP contribution >= 0.6 is 0 Å². The molecule has 0 saturated carbocycles. The van der Waals surface area contributed by atoms with E-state index >= 15 is 0 Å². The van der Waals surface area contributed by atoms with Gasteiger partial charge in [0.15, 0.2) is 11.6 Å². The predicted molar refractivity (Wildman–Crippen MR) is 152 cm³/mol. The lowest BCUT2D eigenvalue weighted by Crippen LogP contribution is -2.35. The molecule has 4 aromatic rings. The number of carbonyl (C=O) groups excluding carboxylic acids is 2. The summed E-state index contributed by atoms with van der Waals surface area (Å²) in [6.45, 7) is 8.85. The molecule has 2 aromatic heterocycles. The van der Waals surface area contributed by atoms with Crippen molar-refractivity contribution in [3.63, 3.8) is 0 Å². The van der Waals surface area contributed by atoms with Gasteiger partial charge in [-0.25, -0.2) is 9.97 Å². The second-order valence-corrected chi connectivity index (χ2v) is 10.5. The summed E-state index contributed by atoms with van der Waals surface area (Å²) in [5.74, 6) is 0.530. The summed E-state index contributed by atoms with van der Waals surface area (Å²) >= 11 is 0. The third kappa shape index (κ3) is 5.96. The van der Waals surface area contributed by atoms with Crippen molar-refractivity contribution in [2.75, 3.05) is 11.9 Å². The highest BCUT2D eigenvalue weighted by Crippen LogP contribution is 2.29. The quantitative estimate of drug-likeness (QED) is 0.272. The third-order valence-corrected chi connectivity index (χ3v) is 7.12. The Bertz CT molecular complexity index is 1510. The van der Waals surface area contributed by atoms with Gasteiger partial charge in [0.2, 0.25) is 5.95 Å². The molecule has 0 spiro atoms. The van der Waals surface area contributed by atoms with Crippen LogP contribution in [0.25, 0.3) is 11.3 Å². The van der Waals surface area contributed by atoms with Crippen LogP contribution in [0.1, 0.15) is 71.4 Å². The summed E-state index contributed by atoms with van der Waals surface area (Å²) in [6.07, 6.45) is 6.87. The molecule has 1 unspecified atom stereocenters. The van der Waals surface area contributed by atoms with Crippen molar-refractivity contribution in [1.82, 2.24) is 25.1 Å². The minimum Gasteiger partial charge on any atom is -0.324 e. The monoisotopic (exact) mass is 522 g/mol. The molecule has 8 nitrogen and oxygen atoms in total. The number of benzene rings is 2. The molecular weight excluding hydrogens is 488 g/mol. The van der Waals surface area contributed by atoms with E-state index in [-0.39, 0.29) is 30.4 Å². The maximum atomic E-state index is 13.1. The first-order chi connectivity index (χ1) is 18.8. The summed E-state index contributed by atoms with van der Waals surface area (Å²) in [4.78, 5) is 34.9. The van der Waals surface area contributed by atoms with Gasteiger partial charge in [0.25, 0.3) is 0 Å². The Morgan fingerprint density at radius 1 is 1.08 bits per heavy atom. The number of carbonyl (C=O) groups is 2. The first-order valence-corrected chi connectivity index (χ1v) is 13.4. The van der Waals surface area contributed by atoms with E-state index in [1.807, 2.05) is 73.5 Å². The predicted octanol–water partition coefficient (Wildman–Crippen LogP) is 5.70. The molecule has 0 fully saturated rings. The number of ketones is 2. The van der Waals surface area contributed by atoms with Crippen LogP contribution in [0.3, 0.4) is 0 Å². The van der Waals surface area contributed by atoms with Crippen LogP contribution in [0, 0.1) is 13.8 Å². The van der Waals surface area contributed by atoms with Crippen LogP contribution < -0.4 is 10.6 Å². The maximum Gasteiger partial charge on any atom is 0.227 e. The minimum atomic E-state index is -0.409. The fraction of sp³-hybridized carbons (Fsp3) is 0.323. The molecule has 1 aliphatic heterocycles. The van der Waals surface area contributed by atoms with Crippen LogP contribution in [0.15, 0.2) is 61.1 Å². The molecule has 2 N–H and O–H groups in total. The number of aryl methyl sites for hydroxylation is 2. The molecule has 3 heterocycles. The van der Waals surface area contributed by atoms with Gasteiger partial charge in [-0.05, 0) is 62.9 Å². The number of nitrogens with zero attached hydrogens (tertiary/aromatic N) is 4. The average molecular weight is 523 g/mol. The SMILES string of the molecule is Cc1ccc(C(=O)CCC(=O)C2NCCc3cc(Nc4ncc(C)c(-c5cnn(C(C)C)c5)n4)ccc32)cc1. The molecule has 39 heavy (non-hydrogen) atoms. The van der Waals surface area contributed by atoms with Gasteiger partial charge in [-0.2, -0.15) is 5.10 Å². The van der Waals surface area contributed by atoms with Crippen LogP contribution in [0.5, 0.6) is 0 Å². The Kier molecular flexibility index (Phi) is 7.65. The van der Waals surface area contributed by atoms with Gasteiger partial charge in [-0.15, -0.1) is 0 Å². The van der Waals surface area contributed by atoms with E-state index in [0.717, 1.165) is 45.6 Å². The Morgan fingerprint density at radius 2 is 1.87 bits per heavy atom. The summed E-state index contributed by atoms with van der Waals surface area (Å²) < 4.78 is 1.91. The molecule has 0 bridgehead atoms. The van der Waals surface area contributed by atoms with E-state index in [0.29, 0.717) is 18.1 Å². The van der Waals surface area contributed by atoms with Crippen molar-refractivity contribution in [3.8, 4) is 11.3 Å². The zero-order chi connectivity index (χ0) is 27.5. The molecule has 1 aliphatic rings. The second-order valence-electron chi connectivity index (χ2n) is 10.5. The molecule has 200 valence electrons. The summed E-state index contributed by atoms with van der Waals surface area (Å²) in [7, 11) is 0. The Balaban J connectivity index is 1.28. The number of Topliss-reactive ketones (excluding diaryl/α,β-unsaturated/α-hetero) is 2. The molecular formula is C31H34N6O2. The van der Waals surface area contributed by atoms with E-state index in [2.05, 4.69) is 40.6 Å². The summed E-state index contributed by atoms with van der Waals surface area (Å²) in [5, 5.41) is 11.1. The van der Waals surface area contributed by atoms with Gasteiger partial charge in [0.05, 0.1) is 17.9 Å². The van der Waals surface area contributed by atoms with Gasteiger partial charge < -0.3 is 10.6 Å². The normalized spacial score (nSPS) is 14.7. The molecule has 2 aromatic carbocycles. The van der Waals surface area contributed by atoms with Crippen molar-refractivity contribution in [3.05, 3.63) is 88.9 Å². The Labute approximate surface area is 228 Å². The summed E-state index contributed by atoms with van der Waals surface area (Å²) in [6, 6.07) is 13.3. The topological polar surface area (TPSA) is 102 Å². The standard InChI is InChI=1S/C31H34N6O2/c1-19(2)37-18-24(17-34-37)29-21(4)16-33-31(36-29)35-25-9-10-26-23(15-25)13-14-32-30(26)28(39)12-11-27(38)22-7-5-20(3)6-8-22/h5-10,15-19,30,32H,11-14H2,1-4H3,(H,33,35,36). The van der Waals surface area contributed by atoms with Crippen LogP contribution in [-0.2, 0) is 11.2 Å². The molecule has 0 radical (unpaired) electrons. The number of aromatic nitrogens is 4. The van der Waals surface area contributed by atoms with E-state index in [1.165, 1.54) is 0 Å². The maximum absolute atomic E-state index is 13.1. The first-order valence-electron chi connectivity index (χ1n) is 13.4. The Morgan fingerprint density at radius 3 is 2.62 bits per heavy atom. The average Bonchev–Trinajstić information content (AvgIpc) is 3.43. The number of anilines is 2. The number of hydrogen-bond donors (Lipinski definition) is 2. The lowest BCUT2D eigenvalue weighted by Gasteiger charge is -2.26. The molecule has 0 saturated heterocycles. The number of nitrogens with one attached hydrogen (secondary N) is 2. The van der Waals surface area contributed by atoms with Crippen molar-refractivity contribution < 1.29 is 9.59 Å². The van der Waals surface area contributed by atoms with Crippen molar-refractivity contribution in [1.29, 1.82) is 0 Å². The number of fused-ring (bicyclic) bond motifs is 1. The van der Waals surface area contributed by atoms with E-state index < -0.39 is 6.04 Å². The fourth-order valence-electron chi connectivity index (χ4n) is 4.86. The number of hydrogen-bond acceptors (Lipinski definition) is 7. The van der Waals surface area contributed by atoms with Crippen LogP contribution in [-0.4, -0.2) is 37.9 Å². The molecule has 0 amide bonds. The number of rotatable bonds is 9. The molecule has 1 atom stereocenters. The molecule has 0 aliphatic carbocycles. The summed E-state index contributed by atoms with van der Waals surface area (Å²) in [5.41, 5.74) is 7.45. The smallest absolute Gasteiger partial charge is 0.227 e. The minimum absolute atomic E-state index is 0.00653. The van der Waals surface area contributed by atoms with E-state index in [9.17, 15) is 9.59 Å². The van der Waals surface area contributed by atoms with Gasteiger partial charge in [0.1, 0.15) is 0 Å². The highest BCUT2D eigenvalue weighted by atomic mass is 16.1. The van der Waals surface area contributed by atoms with Gasteiger partial charge in [0, 0.05) is 54.6 Å². The lowest BCUT2D eigenvalue weighted by atomic mass is 9.89. The Hall–Kier alpha value is -4.17. The largest absolute Gasteiger partial charge is 0.324 e. The van der Waals surface area contributed by atoms with Crippen molar-refractivity contribution >= 4 is 23.2 Å². The van der Waals surface area contributed by atoms with Crippen LogP contribution in [0.4, 0.5) is 11.6 Å². The first kappa shape index (κ1) is 26.4. The van der Waals surface area contributed by atoms with Gasteiger partial charge in [-0.3, -0.25) is 14.3 Å². The zero-order valence-corrected chi connectivity index (χ0v) is 22.9. The van der Waals surface area contributed by atoms with Crippen molar-refractivity contribution in [2.24, 2.45) is 0 Å². The van der Waals surface area contributed by atoms with Crippen LogP contribution in [0.2, 0.25) is 0 Å². The molecule has 5 rings (SSSR count). The molecule has 8 heteroatoms. The highest BCUT2D eigenvalue weighted by molar-refractivity contribution is 5.99. The zero-order valence-electron chi connectivity index (χ0n) is 22.9. The highest BCUT2D eigenvalue weighted by Gasteiger charge is 2.26. The van der Waals surface area contributed by atoms with E-state index in [4.69, 9.17) is 4.98 Å². The fourth-order valence-corrected chi connectivity index (χ4v) is 4.86. The van der Waals surface area contributed by atoms with Gasteiger partial charge >= 0.3 is 0 Å². The second kappa shape index (κ2) is 11.3. The van der Waals surface area contributed by atoms with Crippen molar-refractivity contribution in [2.45, 2.75) is 59.0 Å². The van der Waals surface area contributed by atoms with E-state index in [1.54, 1.807) is 0 Å². The lowest BCUT2D eigenvalue weighted by molar-refractivity contribution is -0.121. The third-order valence-electron chi connectivity index (χ3n) is 7.12. The van der Waals surface area contributed by atoms with Gasteiger partial charge in [-0.1, -0.05) is 35.9 Å².